The fraction of sp³-hybridized carbons (Fsp3) is 0.650. The van der Waals surface area contributed by atoms with Gasteiger partial charge in [-0.15, -0.1) is 0 Å². The molecule has 0 atom stereocenters. The second kappa shape index (κ2) is 9.95. The third kappa shape index (κ3) is 6.45. The topological polar surface area (TPSA) is 60.9 Å². The highest BCUT2D eigenvalue weighted by Crippen LogP contribution is 2.21. The van der Waals surface area contributed by atoms with Crippen molar-refractivity contribution in [2.45, 2.75) is 32.6 Å². The van der Waals surface area contributed by atoms with Crippen LogP contribution < -0.4 is 0 Å². The second-order valence-corrected chi connectivity index (χ2v) is 10.2. The summed E-state index contributed by atoms with van der Waals surface area (Å²) in [5, 5.41) is 0. The zero-order chi connectivity index (χ0) is 21.8. The number of piperazine rings is 1. The van der Waals surface area contributed by atoms with E-state index in [1.807, 2.05) is 9.80 Å². The summed E-state index contributed by atoms with van der Waals surface area (Å²) in [4.78, 5) is 15.8. The third-order valence-corrected chi connectivity index (χ3v) is 6.64. The summed E-state index contributed by atoms with van der Waals surface area (Å²) in [5.74, 6) is -1.02. The number of sulfonamides is 1. The van der Waals surface area contributed by atoms with Crippen LogP contribution in [-0.2, 0) is 14.8 Å². The lowest BCUT2D eigenvalue weighted by Gasteiger charge is -2.35. The zero-order valence-corrected chi connectivity index (χ0v) is 18.4. The molecule has 0 spiro atoms. The highest BCUT2D eigenvalue weighted by atomic mass is 32.2. The Morgan fingerprint density at radius 3 is 2.10 bits per heavy atom. The van der Waals surface area contributed by atoms with Crippen molar-refractivity contribution in [3.8, 4) is 0 Å². The summed E-state index contributed by atoms with van der Waals surface area (Å²) in [6.07, 6.45) is 0. The molecule has 0 aromatic heterocycles. The van der Waals surface area contributed by atoms with Gasteiger partial charge in [-0.3, -0.25) is 9.69 Å². The molecule has 0 saturated carbocycles. The largest absolute Gasteiger partial charge is 0.341 e. The van der Waals surface area contributed by atoms with Gasteiger partial charge in [-0.25, -0.2) is 17.2 Å². The van der Waals surface area contributed by atoms with Crippen molar-refractivity contribution in [3.05, 3.63) is 29.8 Å². The van der Waals surface area contributed by atoms with Crippen molar-refractivity contribution in [2.75, 3.05) is 45.8 Å². The fourth-order valence-electron chi connectivity index (χ4n) is 3.39. The summed E-state index contributed by atoms with van der Waals surface area (Å²) in [7, 11) is -4.12. The zero-order valence-electron chi connectivity index (χ0n) is 17.6. The van der Waals surface area contributed by atoms with Crippen molar-refractivity contribution in [1.29, 1.82) is 0 Å². The van der Waals surface area contributed by atoms with E-state index in [-0.39, 0.29) is 25.5 Å². The van der Waals surface area contributed by atoms with E-state index in [1.165, 1.54) is 0 Å². The summed E-state index contributed by atoms with van der Waals surface area (Å²) in [6, 6.07) is 2.41. The molecule has 6 nitrogen and oxygen atoms in total. The first-order valence-electron chi connectivity index (χ1n) is 9.96. The summed E-state index contributed by atoms with van der Waals surface area (Å²) in [5.41, 5.74) is 0. The Morgan fingerprint density at radius 1 is 1.03 bits per heavy atom. The quantitative estimate of drug-likeness (QED) is 0.634. The van der Waals surface area contributed by atoms with Gasteiger partial charge >= 0.3 is 0 Å². The molecule has 0 aliphatic carbocycles. The minimum Gasteiger partial charge on any atom is -0.341 e. The van der Waals surface area contributed by atoms with Crippen LogP contribution in [0.2, 0.25) is 0 Å². The predicted octanol–water partition coefficient (Wildman–Crippen LogP) is 2.41. The van der Waals surface area contributed by atoms with Crippen LogP contribution in [0.4, 0.5) is 8.78 Å². The molecule has 1 aliphatic heterocycles. The smallest absolute Gasteiger partial charge is 0.246 e. The Morgan fingerprint density at radius 2 is 1.59 bits per heavy atom. The lowest BCUT2D eigenvalue weighted by molar-refractivity contribution is -0.133. The number of amides is 1. The Balaban J connectivity index is 1.99. The van der Waals surface area contributed by atoms with Crippen LogP contribution in [0.5, 0.6) is 0 Å². The van der Waals surface area contributed by atoms with Gasteiger partial charge in [-0.2, -0.15) is 4.31 Å². The van der Waals surface area contributed by atoms with Crippen LogP contribution in [0.25, 0.3) is 0 Å². The molecule has 1 saturated heterocycles. The first-order chi connectivity index (χ1) is 13.5. The first-order valence-corrected chi connectivity index (χ1v) is 11.4. The number of carbonyl (C=O) groups is 1. The van der Waals surface area contributed by atoms with Gasteiger partial charge in [0.2, 0.25) is 15.9 Å². The molecule has 0 radical (unpaired) electrons. The van der Waals surface area contributed by atoms with Crippen LogP contribution in [0.1, 0.15) is 27.7 Å². The Bertz CT molecular complexity index is 797. The average Bonchev–Trinajstić information content (AvgIpc) is 2.62. The molecule has 29 heavy (non-hydrogen) atoms. The summed E-state index contributed by atoms with van der Waals surface area (Å²) >= 11 is 0. The van der Waals surface area contributed by atoms with E-state index in [4.69, 9.17) is 0 Å². The Kier molecular flexibility index (Phi) is 8.13. The second-order valence-electron chi connectivity index (χ2n) is 8.34. The molecule has 164 valence electrons. The van der Waals surface area contributed by atoms with E-state index in [9.17, 15) is 22.0 Å². The molecule has 9 heteroatoms. The molecule has 0 N–H and O–H groups in total. The van der Waals surface area contributed by atoms with Gasteiger partial charge in [0, 0.05) is 39.3 Å². The molecule has 1 aromatic carbocycles. The number of benzene rings is 1. The third-order valence-electron chi connectivity index (χ3n) is 4.72. The standard InChI is InChI=1S/C20H31F2N3O3S/c1-15(2)12-24(13-16(3)4)20(26)14-23-7-9-25(10-8-23)29(27,28)19-11-17(21)5-6-18(19)22/h5-6,11,15-16H,7-10,12-14H2,1-4H3. The maximum absolute atomic E-state index is 13.9. The van der Waals surface area contributed by atoms with E-state index in [2.05, 4.69) is 27.7 Å². The van der Waals surface area contributed by atoms with Gasteiger partial charge in [-0.05, 0) is 30.0 Å². The average molecular weight is 432 g/mol. The number of hydrogen-bond donors (Lipinski definition) is 0. The first kappa shape index (κ1) is 23.7. The van der Waals surface area contributed by atoms with E-state index in [1.54, 1.807) is 0 Å². The molecule has 1 fully saturated rings. The van der Waals surface area contributed by atoms with Crippen molar-refractivity contribution in [1.82, 2.24) is 14.1 Å². The maximum Gasteiger partial charge on any atom is 0.246 e. The van der Waals surface area contributed by atoms with Gasteiger partial charge in [0.05, 0.1) is 6.54 Å². The number of halogens is 2. The van der Waals surface area contributed by atoms with Crippen LogP contribution in [0.3, 0.4) is 0 Å². The van der Waals surface area contributed by atoms with Gasteiger partial charge in [0.25, 0.3) is 0 Å². The monoisotopic (exact) mass is 431 g/mol. The van der Waals surface area contributed by atoms with Gasteiger partial charge in [0.1, 0.15) is 16.5 Å². The minimum atomic E-state index is -4.12. The number of carbonyl (C=O) groups excluding carboxylic acids is 1. The van der Waals surface area contributed by atoms with Gasteiger partial charge in [0.15, 0.2) is 0 Å². The van der Waals surface area contributed by atoms with Crippen LogP contribution in [-0.4, -0.2) is 74.2 Å². The number of rotatable bonds is 8. The molecule has 0 unspecified atom stereocenters. The van der Waals surface area contributed by atoms with Gasteiger partial charge < -0.3 is 4.90 Å². The summed E-state index contributed by atoms with van der Waals surface area (Å²) in [6.45, 7) is 10.8. The molecular formula is C20H31F2N3O3S. The van der Waals surface area contributed by atoms with Crippen molar-refractivity contribution in [3.63, 3.8) is 0 Å². The lowest BCUT2D eigenvalue weighted by atomic mass is 10.1. The fourth-order valence-corrected chi connectivity index (χ4v) is 4.89. The van der Waals surface area contributed by atoms with E-state index < -0.39 is 26.6 Å². The predicted molar refractivity (Wildman–Crippen MR) is 108 cm³/mol. The SMILES string of the molecule is CC(C)CN(CC(C)C)C(=O)CN1CCN(S(=O)(=O)c2cc(F)ccc2F)CC1. The highest BCUT2D eigenvalue weighted by Gasteiger charge is 2.32. The molecule has 0 bridgehead atoms. The minimum absolute atomic E-state index is 0.0277. The van der Waals surface area contributed by atoms with Crippen molar-refractivity contribution in [2.24, 2.45) is 11.8 Å². The molecular weight excluding hydrogens is 400 g/mol. The van der Waals surface area contributed by atoms with Crippen LogP contribution >= 0.6 is 0 Å². The number of hydrogen-bond acceptors (Lipinski definition) is 4. The summed E-state index contributed by atoms with van der Waals surface area (Å²) < 4.78 is 53.8. The molecule has 1 heterocycles. The van der Waals surface area contributed by atoms with E-state index in [0.29, 0.717) is 44.1 Å². The maximum atomic E-state index is 13.9. The van der Waals surface area contributed by atoms with Crippen molar-refractivity contribution >= 4 is 15.9 Å². The lowest BCUT2D eigenvalue weighted by Crippen LogP contribution is -2.52. The normalized spacial score (nSPS) is 16.6. The van der Waals surface area contributed by atoms with Crippen molar-refractivity contribution < 1.29 is 22.0 Å². The number of nitrogens with zero attached hydrogens (tertiary/aromatic N) is 3. The van der Waals surface area contributed by atoms with Crippen LogP contribution in [0, 0.1) is 23.5 Å². The molecule has 1 amide bonds. The molecule has 1 aliphatic rings. The molecule has 2 rings (SSSR count). The van der Waals surface area contributed by atoms with E-state index in [0.717, 1.165) is 16.4 Å². The van der Waals surface area contributed by atoms with Gasteiger partial charge in [-0.1, -0.05) is 27.7 Å². The Labute approximate surface area is 172 Å². The highest BCUT2D eigenvalue weighted by molar-refractivity contribution is 7.89. The molecule has 1 aromatic rings. The van der Waals surface area contributed by atoms with E-state index >= 15 is 0 Å². The van der Waals surface area contributed by atoms with Crippen LogP contribution in [0.15, 0.2) is 23.1 Å². The Hall–Kier alpha value is -1.58.